The molecule has 1 atom stereocenters. The van der Waals surface area contributed by atoms with Crippen LogP contribution in [0.2, 0.25) is 0 Å². The Labute approximate surface area is 182 Å². The van der Waals surface area contributed by atoms with Crippen molar-refractivity contribution >= 4 is 5.91 Å². The molecular weight excluding hydrogens is 384 g/mol. The SMILES string of the molecule is O=C(NCc1ccc(-c2nc(C3CC3)ncc2-c2ccccn2)cc1)[C@@H]1CC=CCC1. The summed E-state index contributed by atoms with van der Waals surface area (Å²) in [6, 6.07) is 14.2. The fourth-order valence-corrected chi connectivity index (χ4v) is 4.01. The highest BCUT2D eigenvalue weighted by Gasteiger charge is 2.27. The molecule has 5 heteroatoms. The number of nitrogens with one attached hydrogen (secondary N) is 1. The maximum absolute atomic E-state index is 12.4. The number of pyridine rings is 1. The first-order chi connectivity index (χ1) is 15.3. The van der Waals surface area contributed by atoms with Crippen LogP contribution in [0.3, 0.4) is 0 Å². The Bertz CT molecular complexity index is 1090. The number of rotatable bonds is 6. The number of amides is 1. The fraction of sp³-hybridized carbons (Fsp3) is 0.308. The predicted molar refractivity (Wildman–Crippen MR) is 121 cm³/mol. The van der Waals surface area contributed by atoms with E-state index in [-0.39, 0.29) is 11.8 Å². The molecule has 0 unspecified atom stereocenters. The average Bonchev–Trinajstić information content (AvgIpc) is 3.69. The van der Waals surface area contributed by atoms with E-state index in [4.69, 9.17) is 4.98 Å². The molecule has 2 aliphatic rings. The Hall–Kier alpha value is -3.34. The molecule has 1 saturated carbocycles. The summed E-state index contributed by atoms with van der Waals surface area (Å²) in [5.41, 5.74) is 4.85. The molecule has 1 N–H and O–H groups in total. The van der Waals surface area contributed by atoms with Crippen LogP contribution in [0.25, 0.3) is 22.5 Å². The van der Waals surface area contributed by atoms with Gasteiger partial charge in [0.1, 0.15) is 5.82 Å². The van der Waals surface area contributed by atoms with E-state index < -0.39 is 0 Å². The number of carbonyl (C=O) groups excluding carboxylic acids is 1. The number of carbonyl (C=O) groups is 1. The van der Waals surface area contributed by atoms with E-state index in [1.807, 2.05) is 24.4 Å². The van der Waals surface area contributed by atoms with Crippen LogP contribution in [0.1, 0.15) is 49.4 Å². The molecular formula is C26H26N4O. The number of allylic oxidation sites excluding steroid dienone is 2. The average molecular weight is 411 g/mol. The van der Waals surface area contributed by atoms with E-state index in [1.54, 1.807) is 6.20 Å². The molecule has 0 radical (unpaired) electrons. The largest absolute Gasteiger partial charge is 0.352 e. The maximum Gasteiger partial charge on any atom is 0.223 e. The van der Waals surface area contributed by atoms with Crippen LogP contribution < -0.4 is 5.32 Å². The van der Waals surface area contributed by atoms with Crippen LogP contribution in [0, 0.1) is 5.92 Å². The van der Waals surface area contributed by atoms with Gasteiger partial charge in [0.05, 0.1) is 11.4 Å². The molecule has 0 saturated heterocycles. The molecule has 5 rings (SSSR count). The van der Waals surface area contributed by atoms with E-state index >= 15 is 0 Å². The minimum Gasteiger partial charge on any atom is -0.352 e. The molecule has 156 valence electrons. The lowest BCUT2D eigenvalue weighted by Gasteiger charge is -2.17. The maximum atomic E-state index is 12.4. The molecule has 2 aromatic heterocycles. The first-order valence-electron chi connectivity index (χ1n) is 11.1. The van der Waals surface area contributed by atoms with Crippen LogP contribution >= 0.6 is 0 Å². The van der Waals surface area contributed by atoms with Gasteiger partial charge in [0.2, 0.25) is 5.91 Å². The van der Waals surface area contributed by atoms with Crippen LogP contribution in [0.4, 0.5) is 0 Å². The van der Waals surface area contributed by atoms with Crippen molar-refractivity contribution in [2.45, 2.75) is 44.6 Å². The summed E-state index contributed by atoms with van der Waals surface area (Å²) >= 11 is 0. The van der Waals surface area contributed by atoms with Crippen LogP contribution in [0.5, 0.6) is 0 Å². The van der Waals surface area contributed by atoms with E-state index in [0.29, 0.717) is 12.5 Å². The molecule has 3 aromatic rings. The summed E-state index contributed by atoms with van der Waals surface area (Å²) < 4.78 is 0. The second-order valence-electron chi connectivity index (χ2n) is 8.38. The molecule has 0 aliphatic heterocycles. The van der Waals surface area contributed by atoms with Gasteiger partial charge in [-0.15, -0.1) is 0 Å². The van der Waals surface area contributed by atoms with Gasteiger partial charge in [0.25, 0.3) is 0 Å². The standard InChI is InChI=1S/C26H26N4O/c31-26(21-6-2-1-3-7-21)29-16-18-9-11-19(12-10-18)24-22(23-8-4-5-15-27-23)17-28-25(30-24)20-13-14-20/h1-2,4-5,8-12,15,17,20-21H,3,6-7,13-14,16H2,(H,29,31)/t21-/m1/s1. The zero-order valence-corrected chi connectivity index (χ0v) is 17.5. The van der Waals surface area contributed by atoms with Gasteiger partial charge >= 0.3 is 0 Å². The Morgan fingerprint density at radius 2 is 1.87 bits per heavy atom. The molecule has 0 bridgehead atoms. The summed E-state index contributed by atoms with van der Waals surface area (Å²) in [6.45, 7) is 0.545. The Morgan fingerprint density at radius 3 is 2.58 bits per heavy atom. The van der Waals surface area contributed by atoms with Crippen LogP contribution in [-0.4, -0.2) is 20.9 Å². The van der Waals surface area contributed by atoms with Crippen molar-refractivity contribution in [2.24, 2.45) is 5.92 Å². The first kappa shape index (κ1) is 19.6. The topological polar surface area (TPSA) is 67.8 Å². The van der Waals surface area contributed by atoms with Crippen molar-refractivity contribution in [1.82, 2.24) is 20.3 Å². The van der Waals surface area contributed by atoms with Gasteiger partial charge in [0.15, 0.2) is 0 Å². The van der Waals surface area contributed by atoms with Gasteiger partial charge in [-0.1, -0.05) is 42.5 Å². The van der Waals surface area contributed by atoms with Gasteiger partial charge in [-0.2, -0.15) is 0 Å². The van der Waals surface area contributed by atoms with Gasteiger partial charge in [0, 0.05) is 41.9 Å². The van der Waals surface area contributed by atoms with E-state index in [2.05, 4.69) is 51.7 Å². The number of aromatic nitrogens is 3. The highest BCUT2D eigenvalue weighted by Crippen LogP contribution is 2.40. The second kappa shape index (κ2) is 8.80. The summed E-state index contributed by atoms with van der Waals surface area (Å²) in [5.74, 6) is 1.66. The monoisotopic (exact) mass is 410 g/mol. The summed E-state index contributed by atoms with van der Waals surface area (Å²) in [6.07, 6.45) is 13.1. The zero-order chi connectivity index (χ0) is 21.0. The van der Waals surface area contributed by atoms with Crippen molar-refractivity contribution in [3.05, 3.63) is 78.4 Å². The first-order valence-corrected chi connectivity index (χ1v) is 11.1. The molecule has 0 spiro atoms. The van der Waals surface area contributed by atoms with Gasteiger partial charge in [-0.3, -0.25) is 9.78 Å². The Kier molecular flexibility index (Phi) is 5.57. The number of hydrogen-bond acceptors (Lipinski definition) is 4. The molecule has 2 aliphatic carbocycles. The molecule has 1 amide bonds. The highest BCUT2D eigenvalue weighted by atomic mass is 16.1. The summed E-state index contributed by atoms with van der Waals surface area (Å²) in [7, 11) is 0. The van der Waals surface area contributed by atoms with Crippen molar-refractivity contribution < 1.29 is 4.79 Å². The lowest BCUT2D eigenvalue weighted by Crippen LogP contribution is -2.30. The van der Waals surface area contributed by atoms with Crippen molar-refractivity contribution in [1.29, 1.82) is 0 Å². The quantitative estimate of drug-likeness (QED) is 0.577. The summed E-state index contributed by atoms with van der Waals surface area (Å²) in [4.78, 5) is 26.4. The van der Waals surface area contributed by atoms with Crippen molar-refractivity contribution in [3.8, 4) is 22.5 Å². The normalized spacial score (nSPS) is 18.0. The van der Waals surface area contributed by atoms with Crippen LogP contribution in [-0.2, 0) is 11.3 Å². The molecule has 31 heavy (non-hydrogen) atoms. The zero-order valence-electron chi connectivity index (χ0n) is 17.5. The lowest BCUT2D eigenvalue weighted by atomic mass is 9.93. The molecule has 1 fully saturated rings. The third-order valence-electron chi connectivity index (χ3n) is 6.02. The third kappa shape index (κ3) is 4.55. The van der Waals surface area contributed by atoms with Crippen molar-refractivity contribution in [2.75, 3.05) is 0 Å². The molecule has 1 aromatic carbocycles. The minimum absolute atomic E-state index is 0.104. The number of nitrogens with zero attached hydrogens (tertiary/aromatic N) is 3. The minimum atomic E-state index is 0.104. The fourth-order valence-electron chi connectivity index (χ4n) is 4.01. The summed E-state index contributed by atoms with van der Waals surface area (Å²) in [5, 5.41) is 3.09. The van der Waals surface area contributed by atoms with Gasteiger partial charge < -0.3 is 5.32 Å². The lowest BCUT2D eigenvalue weighted by molar-refractivity contribution is -0.125. The van der Waals surface area contributed by atoms with Gasteiger partial charge in [-0.05, 0) is 49.8 Å². The van der Waals surface area contributed by atoms with E-state index in [1.165, 1.54) is 0 Å². The number of benzene rings is 1. The molecule has 5 nitrogen and oxygen atoms in total. The third-order valence-corrected chi connectivity index (χ3v) is 6.02. The highest BCUT2D eigenvalue weighted by molar-refractivity contribution is 5.79. The smallest absolute Gasteiger partial charge is 0.223 e. The Morgan fingerprint density at radius 1 is 1.00 bits per heavy atom. The van der Waals surface area contributed by atoms with Crippen LogP contribution in [0.15, 0.2) is 67.0 Å². The Balaban J connectivity index is 1.35. The number of hydrogen-bond donors (Lipinski definition) is 1. The van der Waals surface area contributed by atoms with E-state index in [0.717, 1.165) is 66.0 Å². The predicted octanol–water partition coefficient (Wildman–Crippen LogP) is 5.06. The van der Waals surface area contributed by atoms with E-state index in [9.17, 15) is 4.79 Å². The second-order valence-corrected chi connectivity index (χ2v) is 8.38. The van der Waals surface area contributed by atoms with Crippen molar-refractivity contribution in [3.63, 3.8) is 0 Å². The molecule has 2 heterocycles. The van der Waals surface area contributed by atoms with Gasteiger partial charge in [-0.25, -0.2) is 9.97 Å².